The fourth-order valence-electron chi connectivity index (χ4n) is 1.93. The van der Waals surface area contributed by atoms with E-state index in [1.807, 2.05) is 0 Å². The molecule has 1 aliphatic rings. The third-order valence-corrected chi connectivity index (χ3v) is 6.01. The number of methoxy groups -OCH3 is 1. The number of carbonyl (C=O) groups excluding carboxylic acids is 1. The zero-order valence-corrected chi connectivity index (χ0v) is 11.3. The molecule has 2 atom stereocenters. The van der Waals surface area contributed by atoms with Crippen molar-refractivity contribution in [2.24, 2.45) is 0 Å². The minimum absolute atomic E-state index is 0.0667. The number of sulfonamides is 1. The number of hydrogen-bond donors (Lipinski definition) is 1. The van der Waals surface area contributed by atoms with Gasteiger partial charge in [-0.2, -0.15) is 4.31 Å². The normalized spacial score (nSPS) is 25.2. The van der Waals surface area contributed by atoms with E-state index in [0.29, 0.717) is 0 Å². The molecule has 0 radical (unpaired) electrons. The summed E-state index contributed by atoms with van der Waals surface area (Å²) in [4.78, 5) is 11.6. The zero-order valence-electron chi connectivity index (χ0n) is 9.64. The maximum atomic E-state index is 12.3. The summed E-state index contributed by atoms with van der Waals surface area (Å²) in [7, 11) is -2.54. The Kier molecular flexibility index (Phi) is 3.71. The van der Waals surface area contributed by atoms with Crippen molar-refractivity contribution < 1.29 is 23.1 Å². The fourth-order valence-corrected chi connectivity index (χ4v) is 4.67. The van der Waals surface area contributed by atoms with Gasteiger partial charge in [0.1, 0.15) is 10.3 Å². The van der Waals surface area contributed by atoms with Crippen LogP contribution in [0.1, 0.15) is 6.42 Å². The van der Waals surface area contributed by atoms with Crippen molar-refractivity contribution in [3.05, 3.63) is 17.5 Å². The van der Waals surface area contributed by atoms with Gasteiger partial charge in [-0.25, -0.2) is 8.42 Å². The summed E-state index contributed by atoms with van der Waals surface area (Å²) >= 11 is 1.08. The molecule has 0 saturated carbocycles. The lowest BCUT2D eigenvalue weighted by Gasteiger charge is -2.20. The van der Waals surface area contributed by atoms with Gasteiger partial charge in [0.05, 0.1) is 13.2 Å². The smallest absolute Gasteiger partial charge is 0.324 e. The molecule has 0 unspecified atom stereocenters. The third-order valence-electron chi connectivity index (χ3n) is 2.76. The summed E-state index contributed by atoms with van der Waals surface area (Å²) in [5, 5.41) is 11.2. The van der Waals surface area contributed by atoms with Crippen LogP contribution in [0.2, 0.25) is 0 Å². The van der Waals surface area contributed by atoms with Crippen LogP contribution in [0.25, 0.3) is 0 Å². The van der Waals surface area contributed by atoms with E-state index >= 15 is 0 Å². The predicted molar refractivity (Wildman–Crippen MR) is 64.6 cm³/mol. The second kappa shape index (κ2) is 4.96. The standard InChI is InChI=1S/C10H13NO5S2/c1-16-10(13)8-5-7(12)6-11(8)18(14,15)9-3-2-4-17-9/h2-4,7-8,12H,5-6H2,1H3/t7-,8+/m0/s1. The molecule has 1 aliphatic heterocycles. The highest BCUT2D eigenvalue weighted by atomic mass is 32.2. The monoisotopic (exact) mass is 291 g/mol. The first kappa shape index (κ1) is 13.5. The molecule has 0 amide bonds. The van der Waals surface area contributed by atoms with Crippen LogP contribution in [-0.4, -0.2) is 49.6 Å². The lowest BCUT2D eigenvalue weighted by Crippen LogP contribution is -2.40. The van der Waals surface area contributed by atoms with Crippen LogP contribution in [0, 0.1) is 0 Å². The number of aliphatic hydroxyl groups excluding tert-OH is 1. The first-order valence-corrected chi connectivity index (χ1v) is 7.60. The predicted octanol–water partition coefficient (Wildman–Crippen LogP) is 0.0450. The minimum atomic E-state index is -3.74. The number of aliphatic hydroxyl groups is 1. The number of carbonyl (C=O) groups is 1. The van der Waals surface area contributed by atoms with Crippen LogP contribution in [0.5, 0.6) is 0 Å². The van der Waals surface area contributed by atoms with Crippen LogP contribution in [0.4, 0.5) is 0 Å². The first-order chi connectivity index (χ1) is 8.46. The van der Waals surface area contributed by atoms with Crippen molar-refractivity contribution in [1.29, 1.82) is 0 Å². The highest BCUT2D eigenvalue weighted by molar-refractivity contribution is 7.91. The van der Waals surface area contributed by atoms with E-state index in [-0.39, 0.29) is 17.2 Å². The average molecular weight is 291 g/mol. The molecule has 1 aromatic rings. The summed E-state index contributed by atoms with van der Waals surface area (Å²) in [5.41, 5.74) is 0. The summed E-state index contributed by atoms with van der Waals surface area (Å²) < 4.78 is 30.3. The van der Waals surface area contributed by atoms with Gasteiger partial charge in [-0.05, 0) is 11.4 Å². The van der Waals surface area contributed by atoms with Crippen molar-refractivity contribution in [2.75, 3.05) is 13.7 Å². The second-order valence-corrected chi connectivity index (χ2v) is 7.00. The van der Waals surface area contributed by atoms with Crippen LogP contribution in [0.15, 0.2) is 21.7 Å². The van der Waals surface area contributed by atoms with E-state index in [0.717, 1.165) is 15.6 Å². The van der Waals surface area contributed by atoms with E-state index in [2.05, 4.69) is 4.74 Å². The Morgan fingerprint density at radius 1 is 1.61 bits per heavy atom. The van der Waals surface area contributed by atoms with Crippen LogP contribution in [-0.2, 0) is 19.6 Å². The maximum Gasteiger partial charge on any atom is 0.324 e. The van der Waals surface area contributed by atoms with Gasteiger partial charge in [0.25, 0.3) is 10.0 Å². The number of nitrogens with zero attached hydrogens (tertiary/aromatic N) is 1. The molecule has 6 nitrogen and oxygen atoms in total. The van der Waals surface area contributed by atoms with Crippen molar-refractivity contribution in [3.63, 3.8) is 0 Å². The summed E-state index contributed by atoms with van der Waals surface area (Å²) in [5.74, 6) is -0.647. The number of β-amino-alcohol motifs (C(OH)–C–C–N with tert-alkyl or cyclic N) is 1. The number of hydrogen-bond acceptors (Lipinski definition) is 6. The third kappa shape index (κ3) is 2.28. The molecule has 0 spiro atoms. The van der Waals surface area contributed by atoms with Crippen molar-refractivity contribution in [3.8, 4) is 0 Å². The minimum Gasteiger partial charge on any atom is -0.468 e. The molecule has 0 aliphatic carbocycles. The Morgan fingerprint density at radius 3 is 2.89 bits per heavy atom. The molecule has 1 saturated heterocycles. The largest absolute Gasteiger partial charge is 0.468 e. The van der Waals surface area contributed by atoms with Gasteiger partial charge in [0.2, 0.25) is 0 Å². The molecule has 1 N–H and O–H groups in total. The van der Waals surface area contributed by atoms with Gasteiger partial charge in [-0.3, -0.25) is 4.79 Å². The lowest BCUT2D eigenvalue weighted by molar-refractivity contribution is -0.144. The van der Waals surface area contributed by atoms with Gasteiger partial charge >= 0.3 is 5.97 Å². The van der Waals surface area contributed by atoms with Gasteiger partial charge in [0.15, 0.2) is 0 Å². The van der Waals surface area contributed by atoms with Crippen LogP contribution in [0.3, 0.4) is 0 Å². The van der Waals surface area contributed by atoms with Gasteiger partial charge < -0.3 is 9.84 Å². The van der Waals surface area contributed by atoms with E-state index in [1.165, 1.54) is 13.2 Å². The highest BCUT2D eigenvalue weighted by Crippen LogP contribution is 2.29. The molecular weight excluding hydrogens is 278 g/mol. The molecule has 1 aromatic heterocycles. The summed E-state index contributed by atoms with van der Waals surface area (Å²) in [6, 6.07) is 2.15. The van der Waals surface area contributed by atoms with Crippen LogP contribution >= 0.6 is 11.3 Å². The molecule has 2 rings (SSSR count). The van der Waals surface area contributed by atoms with Crippen molar-refractivity contribution in [1.82, 2.24) is 4.31 Å². The Hall–Kier alpha value is -0.960. The first-order valence-electron chi connectivity index (χ1n) is 5.28. The number of rotatable bonds is 3. The van der Waals surface area contributed by atoms with Gasteiger partial charge in [-0.1, -0.05) is 6.07 Å². The maximum absolute atomic E-state index is 12.3. The molecular formula is C10H13NO5S2. The molecule has 100 valence electrons. The zero-order chi connectivity index (χ0) is 13.3. The van der Waals surface area contributed by atoms with E-state index in [9.17, 15) is 18.3 Å². The summed E-state index contributed by atoms with van der Waals surface area (Å²) in [6.07, 6.45) is -0.777. The summed E-state index contributed by atoms with van der Waals surface area (Å²) in [6.45, 7) is -0.0833. The Morgan fingerprint density at radius 2 is 2.33 bits per heavy atom. The Balaban J connectivity index is 2.34. The van der Waals surface area contributed by atoms with Gasteiger partial charge in [-0.15, -0.1) is 11.3 Å². The van der Waals surface area contributed by atoms with E-state index in [1.54, 1.807) is 11.4 Å². The SMILES string of the molecule is COC(=O)[C@H]1C[C@H](O)CN1S(=O)(=O)c1cccs1. The number of ether oxygens (including phenoxy) is 1. The van der Waals surface area contributed by atoms with E-state index < -0.39 is 28.1 Å². The van der Waals surface area contributed by atoms with Crippen molar-refractivity contribution >= 4 is 27.3 Å². The molecule has 2 heterocycles. The fraction of sp³-hybridized carbons (Fsp3) is 0.500. The lowest BCUT2D eigenvalue weighted by atomic mass is 10.2. The second-order valence-electron chi connectivity index (χ2n) is 3.94. The Bertz CT molecular complexity index is 524. The molecule has 0 bridgehead atoms. The molecule has 18 heavy (non-hydrogen) atoms. The molecule has 1 fully saturated rings. The number of esters is 1. The van der Waals surface area contributed by atoms with Crippen molar-refractivity contribution in [2.45, 2.75) is 22.8 Å². The number of thiophene rings is 1. The molecule has 8 heteroatoms. The quantitative estimate of drug-likeness (QED) is 0.795. The highest BCUT2D eigenvalue weighted by Gasteiger charge is 2.44. The molecule has 0 aromatic carbocycles. The average Bonchev–Trinajstić information content (AvgIpc) is 2.96. The van der Waals surface area contributed by atoms with E-state index in [4.69, 9.17) is 0 Å². The van der Waals surface area contributed by atoms with Crippen LogP contribution < -0.4 is 0 Å². The Labute approximate surface area is 109 Å². The topological polar surface area (TPSA) is 83.9 Å². The van der Waals surface area contributed by atoms with Gasteiger partial charge in [0, 0.05) is 13.0 Å².